The molecule has 114 valence electrons. The first kappa shape index (κ1) is 14.6. The topological polar surface area (TPSA) is 43.4 Å². The molecule has 0 aliphatic carbocycles. The standard InChI is InChI=1S/C15H9F3O3S/c16-15(17,18)21-13-5-3-10(4-6-13)12-2-1-11-7-8-22(19,20)14(11)9-12/h1-9H. The van der Waals surface area contributed by atoms with Gasteiger partial charge in [0.1, 0.15) is 5.75 Å². The van der Waals surface area contributed by atoms with Gasteiger partial charge in [-0.25, -0.2) is 8.42 Å². The van der Waals surface area contributed by atoms with E-state index in [1.54, 1.807) is 12.1 Å². The minimum Gasteiger partial charge on any atom is -0.406 e. The molecular weight excluding hydrogens is 317 g/mol. The fraction of sp³-hybridized carbons (Fsp3) is 0.0667. The van der Waals surface area contributed by atoms with E-state index >= 15 is 0 Å². The van der Waals surface area contributed by atoms with Crippen molar-refractivity contribution >= 4 is 15.9 Å². The number of halogens is 3. The molecule has 0 aromatic heterocycles. The van der Waals surface area contributed by atoms with E-state index in [9.17, 15) is 21.6 Å². The largest absolute Gasteiger partial charge is 0.573 e. The van der Waals surface area contributed by atoms with Crippen molar-refractivity contribution < 1.29 is 26.3 Å². The summed E-state index contributed by atoms with van der Waals surface area (Å²) in [5.41, 5.74) is 1.80. The lowest BCUT2D eigenvalue weighted by Gasteiger charge is -2.10. The smallest absolute Gasteiger partial charge is 0.406 e. The summed E-state index contributed by atoms with van der Waals surface area (Å²) < 4.78 is 63.7. The van der Waals surface area contributed by atoms with Crippen LogP contribution in [0.15, 0.2) is 52.8 Å². The van der Waals surface area contributed by atoms with Gasteiger partial charge in [0.2, 0.25) is 0 Å². The number of ether oxygens (including phenoxy) is 1. The minimum absolute atomic E-state index is 0.195. The van der Waals surface area contributed by atoms with Crippen molar-refractivity contribution in [3.05, 3.63) is 53.4 Å². The van der Waals surface area contributed by atoms with Crippen LogP contribution in [0.25, 0.3) is 17.2 Å². The predicted octanol–water partition coefficient (Wildman–Crippen LogP) is 4.01. The van der Waals surface area contributed by atoms with Crippen LogP contribution in [0, 0.1) is 0 Å². The number of sulfone groups is 1. The van der Waals surface area contributed by atoms with Gasteiger partial charge in [0.15, 0.2) is 9.84 Å². The van der Waals surface area contributed by atoms with Gasteiger partial charge in [-0.1, -0.05) is 24.3 Å². The third-order valence-electron chi connectivity index (χ3n) is 3.17. The lowest BCUT2D eigenvalue weighted by atomic mass is 10.0. The van der Waals surface area contributed by atoms with Gasteiger partial charge in [-0.3, -0.25) is 0 Å². The highest BCUT2D eigenvalue weighted by Gasteiger charge is 2.31. The molecule has 0 amide bonds. The summed E-state index contributed by atoms with van der Waals surface area (Å²) in [7, 11) is -3.42. The van der Waals surface area contributed by atoms with Crippen molar-refractivity contribution in [1.29, 1.82) is 0 Å². The number of hydrogen-bond donors (Lipinski definition) is 0. The predicted molar refractivity (Wildman–Crippen MR) is 74.8 cm³/mol. The van der Waals surface area contributed by atoms with Crippen LogP contribution in [0.4, 0.5) is 13.2 Å². The van der Waals surface area contributed by atoms with Gasteiger partial charge in [-0.15, -0.1) is 13.2 Å². The molecule has 1 aliphatic heterocycles. The van der Waals surface area contributed by atoms with E-state index in [2.05, 4.69) is 4.74 Å². The Balaban J connectivity index is 1.93. The van der Waals surface area contributed by atoms with Crippen LogP contribution in [0.5, 0.6) is 5.75 Å². The van der Waals surface area contributed by atoms with E-state index < -0.39 is 16.2 Å². The molecule has 0 atom stereocenters. The second-order valence-electron chi connectivity index (χ2n) is 4.67. The van der Waals surface area contributed by atoms with Gasteiger partial charge in [0.25, 0.3) is 0 Å². The van der Waals surface area contributed by atoms with Crippen LogP contribution in [0.3, 0.4) is 0 Å². The van der Waals surface area contributed by atoms with Crippen LogP contribution in [0.1, 0.15) is 5.56 Å². The molecule has 0 radical (unpaired) electrons. The summed E-state index contributed by atoms with van der Waals surface area (Å²) in [6.07, 6.45) is -3.23. The Morgan fingerprint density at radius 1 is 0.909 bits per heavy atom. The van der Waals surface area contributed by atoms with Crippen molar-refractivity contribution in [1.82, 2.24) is 0 Å². The van der Waals surface area contributed by atoms with Crippen molar-refractivity contribution in [3.8, 4) is 16.9 Å². The van der Waals surface area contributed by atoms with E-state index in [-0.39, 0.29) is 10.6 Å². The number of benzene rings is 2. The van der Waals surface area contributed by atoms with Crippen LogP contribution in [0.2, 0.25) is 0 Å². The zero-order valence-corrected chi connectivity index (χ0v) is 11.8. The Hall–Kier alpha value is -2.28. The Labute approximate surface area is 124 Å². The fourth-order valence-electron chi connectivity index (χ4n) is 2.18. The monoisotopic (exact) mass is 326 g/mol. The highest BCUT2D eigenvalue weighted by atomic mass is 32.2. The van der Waals surface area contributed by atoms with E-state index in [1.807, 2.05) is 0 Å². The zero-order chi connectivity index (χ0) is 16.0. The average Bonchev–Trinajstić information content (AvgIpc) is 2.73. The molecule has 7 heteroatoms. The molecule has 0 spiro atoms. The summed E-state index contributed by atoms with van der Waals surface area (Å²) in [5, 5.41) is 1.13. The zero-order valence-electron chi connectivity index (χ0n) is 11.0. The van der Waals surface area contributed by atoms with Crippen molar-refractivity contribution in [2.75, 3.05) is 0 Å². The maximum Gasteiger partial charge on any atom is 0.573 e. The molecular formula is C15H9F3O3S. The van der Waals surface area contributed by atoms with E-state index in [0.717, 1.165) is 5.41 Å². The van der Waals surface area contributed by atoms with Crippen molar-refractivity contribution in [2.24, 2.45) is 0 Å². The van der Waals surface area contributed by atoms with E-state index in [4.69, 9.17) is 0 Å². The molecule has 0 unspecified atom stereocenters. The first-order chi connectivity index (χ1) is 10.2. The first-order valence-electron chi connectivity index (χ1n) is 6.18. The summed E-state index contributed by atoms with van der Waals surface area (Å²) in [4.78, 5) is 0.195. The molecule has 2 aromatic carbocycles. The van der Waals surface area contributed by atoms with Crippen molar-refractivity contribution in [3.63, 3.8) is 0 Å². The Bertz CT molecular complexity index is 851. The van der Waals surface area contributed by atoms with Crippen LogP contribution in [-0.4, -0.2) is 14.8 Å². The minimum atomic E-state index is -4.74. The van der Waals surface area contributed by atoms with Crippen LogP contribution < -0.4 is 4.74 Å². The quantitative estimate of drug-likeness (QED) is 0.837. The second kappa shape index (κ2) is 4.88. The van der Waals surface area contributed by atoms with Gasteiger partial charge < -0.3 is 4.74 Å². The third kappa shape index (κ3) is 2.85. The van der Waals surface area contributed by atoms with Gasteiger partial charge in [-0.05, 0) is 41.0 Å². The molecule has 0 N–H and O–H groups in total. The highest BCUT2D eigenvalue weighted by Crippen LogP contribution is 2.32. The van der Waals surface area contributed by atoms with E-state index in [0.29, 0.717) is 16.7 Å². The highest BCUT2D eigenvalue weighted by molar-refractivity contribution is 7.94. The molecule has 0 bridgehead atoms. The Morgan fingerprint density at radius 2 is 1.55 bits per heavy atom. The first-order valence-corrected chi connectivity index (χ1v) is 7.73. The molecule has 0 saturated carbocycles. The summed E-state index contributed by atoms with van der Waals surface area (Å²) >= 11 is 0. The lowest BCUT2D eigenvalue weighted by molar-refractivity contribution is -0.274. The second-order valence-corrected chi connectivity index (χ2v) is 6.47. The summed E-state index contributed by atoms with van der Waals surface area (Å²) in [6.45, 7) is 0. The lowest BCUT2D eigenvalue weighted by Crippen LogP contribution is -2.16. The molecule has 3 nitrogen and oxygen atoms in total. The van der Waals surface area contributed by atoms with Gasteiger partial charge >= 0.3 is 6.36 Å². The molecule has 1 aliphatic rings. The van der Waals surface area contributed by atoms with Crippen LogP contribution in [-0.2, 0) is 9.84 Å². The van der Waals surface area contributed by atoms with Gasteiger partial charge in [0.05, 0.1) is 4.90 Å². The summed E-state index contributed by atoms with van der Waals surface area (Å²) in [6, 6.07) is 10.1. The summed E-state index contributed by atoms with van der Waals surface area (Å²) in [5.74, 6) is -0.327. The van der Waals surface area contributed by atoms with Crippen molar-refractivity contribution in [2.45, 2.75) is 11.3 Å². The molecule has 1 heterocycles. The molecule has 22 heavy (non-hydrogen) atoms. The Morgan fingerprint density at radius 3 is 2.18 bits per heavy atom. The molecule has 0 saturated heterocycles. The Kier molecular flexibility index (Phi) is 3.25. The number of hydrogen-bond acceptors (Lipinski definition) is 3. The van der Waals surface area contributed by atoms with Gasteiger partial charge in [-0.2, -0.15) is 0 Å². The fourth-order valence-corrected chi connectivity index (χ4v) is 3.41. The SMILES string of the molecule is O=S1(=O)C=Cc2ccc(-c3ccc(OC(F)(F)F)cc3)cc21. The number of rotatable bonds is 2. The van der Waals surface area contributed by atoms with E-state index in [1.165, 1.54) is 36.4 Å². The number of alkyl halides is 3. The molecule has 0 fully saturated rings. The third-order valence-corrected chi connectivity index (χ3v) is 4.63. The maximum atomic E-state index is 12.1. The molecule has 2 aromatic rings. The maximum absolute atomic E-state index is 12.1. The van der Waals surface area contributed by atoms with Crippen LogP contribution >= 0.6 is 0 Å². The molecule has 3 rings (SSSR count). The van der Waals surface area contributed by atoms with Gasteiger partial charge in [0, 0.05) is 5.41 Å². The normalized spacial score (nSPS) is 15.6. The number of fused-ring (bicyclic) bond motifs is 1. The average molecular weight is 326 g/mol.